The van der Waals surface area contributed by atoms with Crippen LogP contribution in [0.15, 0.2) is 42.6 Å². The first-order valence-electron chi connectivity index (χ1n) is 13.3. The number of allylic oxidation sites excluding steroid dienone is 2. The predicted molar refractivity (Wildman–Crippen MR) is 154 cm³/mol. The Morgan fingerprint density at radius 1 is 0.971 bits per heavy atom. The molecule has 2 aromatic rings. The average Bonchev–Trinajstić information content (AvgIpc) is 3.26. The van der Waals surface area contributed by atoms with Gasteiger partial charge in [-0.3, -0.25) is 4.68 Å². The topological polar surface area (TPSA) is 49.2 Å². The summed E-state index contributed by atoms with van der Waals surface area (Å²) in [6.45, 7) is 22.6. The van der Waals surface area contributed by atoms with E-state index in [-0.39, 0.29) is 0 Å². The highest BCUT2D eigenvalue weighted by Gasteiger charge is 2.44. The molecule has 0 radical (unpaired) electrons. The summed E-state index contributed by atoms with van der Waals surface area (Å²) in [7, 11) is -1.83. The van der Waals surface area contributed by atoms with Crippen molar-refractivity contribution in [1.82, 2.24) is 15.0 Å². The van der Waals surface area contributed by atoms with Crippen LogP contribution in [0.4, 0.5) is 0 Å². The minimum absolute atomic E-state index is 0.520. The molecule has 2 rings (SSSR count). The minimum Gasteiger partial charge on any atom is -0.497 e. The van der Waals surface area contributed by atoms with E-state index in [2.05, 4.69) is 114 Å². The van der Waals surface area contributed by atoms with E-state index >= 15 is 0 Å². The Morgan fingerprint density at radius 3 is 2.09 bits per heavy atom. The molecule has 7 heteroatoms. The van der Waals surface area contributed by atoms with Crippen LogP contribution in [-0.4, -0.2) is 45.1 Å². The minimum atomic E-state index is -1.84. The smallest absolute Gasteiger partial charge is 0.200 e. The van der Waals surface area contributed by atoms with Gasteiger partial charge < -0.3 is 9.16 Å². The second-order valence-corrected chi connectivity index (χ2v) is 21.5. The highest BCUT2D eigenvalue weighted by molar-refractivity contribution is 6.91. The first-order valence-corrected chi connectivity index (χ1v) is 18.5. The lowest BCUT2D eigenvalue weighted by Crippen LogP contribution is -2.48. The van der Waals surface area contributed by atoms with Crippen LogP contribution < -0.4 is 9.92 Å². The molecular formula is C28H49N3O2Si2. The molecule has 0 aliphatic heterocycles. The van der Waals surface area contributed by atoms with Crippen LogP contribution in [0.1, 0.15) is 60.6 Å². The summed E-state index contributed by atoms with van der Waals surface area (Å²) in [5.41, 5.74) is 3.34. The first-order chi connectivity index (χ1) is 16.5. The maximum atomic E-state index is 6.72. The van der Waals surface area contributed by atoms with E-state index < -0.39 is 16.4 Å². The third-order valence-corrected chi connectivity index (χ3v) is 18.1. The molecule has 5 nitrogen and oxygen atoms in total. The van der Waals surface area contributed by atoms with Crippen LogP contribution in [0.5, 0.6) is 5.75 Å². The van der Waals surface area contributed by atoms with Crippen LogP contribution >= 0.6 is 0 Å². The zero-order chi connectivity index (χ0) is 26.2. The third-order valence-electron chi connectivity index (χ3n) is 7.86. The van der Waals surface area contributed by atoms with Crippen LogP contribution in [0.2, 0.25) is 35.3 Å². The van der Waals surface area contributed by atoms with Gasteiger partial charge in [-0.25, -0.2) is 0 Å². The van der Waals surface area contributed by atoms with Gasteiger partial charge in [0.05, 0.1) is 20.9 Å². The Bertz CT molecular complexity index is 899. The maximum Gasteiger partial charge on any atom is 0.200 e. The van der Waals surface area contributed by atoms with Crippen molar-refractivity contribution in [3.63, 3.8) is 0 Å². The van der Waals surface area contributed by atoms with Crippen molar-refractivity contribution in [1.29, 1.82) is 0 Å². The fourth-order valence-electron chi connectivity index (χ4n) is 5.83. The van der Waals surface area contributed by atoms with Gasteiger partial charge in [-0.2, -0.15) is 0 Å². The van der Waals surface area contributed by atoms with E-state index in [1.54, 1.807) is 7.11 Å². The number of rotatable bonds is 14. The molecule has 0 amide bonds. The normalized spacial score (nSPS) is 14.0. The molecule has 1 aromatic heterocycles. The Labute approximate surface area is 216 Å². The number of aryl methyl sites for hydroxylation is 1. The first kappa shape index (κ1) is 29.5. The molecule has 0 fully saturated rings. The summed E-state index contributed by atoms with van der Waals surface area (Å²) in [4.78, 5) is 0. The number of nitrogens with zero attached hydrogens (tertiary/aromatic N) is 3. The van der Waals surface area contributed by atoms with Crippen LogP contribution in [0.25, 0.3) is 0 Å². The summed E-state index contributed by atoms with van der Waals surface area (Å²) in [6, 6.07) is 8.64. The SMILES string of the molecule is C/C=C/[C@H](CCn1cc(CCO[Si](C(C)C)(C(C)C)C(C)C)nn1)[Si](C)(C)c1ccc(OC)cc1. The highest BCUT2D eigenvalue weighted by atomic mass is 28.4. The van der Waals surface area contributed by atoms with Crippen molar-refractivity contribution in [2.75, 3.05) is 13.7 Å². The second-order valence-electron chi connectivity index (χ2n) is 11.3. The van der Waals surface area contributed by atoms with Crippen molar-refractivity contribution in [3.8, 4) is 5.75 Å². The molecule has 1 heterocycles. The summed E-state index contributed by atoms with van der Waals surface area (Å²) in [5, 5.41) is 10.4. The van der Waals surface area contributed by atoms with Crippen LogP contribution in [-0.2, 0) is 17.4 Å². The fraction of sp³-hybridized carbons (Fsp3) is 0.643. The van der Waals surface area contributed by atoms with Gasteiger partial charge >= 0.3 is 0 Å². The fourth-order valence-corrected chi connectivity index (χ4v) is 14.3. The molecule has 196 valence electrons. The number of aromatic nitrogens is 3. The zero-order valence-electron chi connectivity index (χ0n) is 23.8. The van der Waals surface area contributed by atoms with Gasteiger partial charge in [0, 0.05) is 25.8 Å². The summed E-state index contributed by atoms with van der Waals surface area (Å²) in [6.07, 6.45) is 8.57. The maximum absolute atomic E-state index is 6.72. The van der Waals surface area contributed by atoms with Crippen LogP contribution in [0, 0.1) is 0 Å². The largest absolute Gasteiger partial charge is 0.497 e. The Balaban J connectivity index is 2.02. The third kappa shape index (κ3) is 7.17. The van der Waals surface area contributed by atoms with Gasteiger partial charge in [0.25, 0.3) is 0 Å². The molecule has 35 heavy (non-hydrogen) atoms. The van der Waals surface area contributed by atoms with E-state index in [0.29, 0.717) is 22.2 Å². The van der Waals surface area contributed by atoms with Gasteiger partial charge in [-0.1, -0.05) is 89.3 Å². The van der Waals surface area contributed by atoms with Gasteiger partial charge in [-0.15, -0.1) is 5.10 Å². The molecule has 0 N–H and O–H groups in total. The number of methoxy groups -OCH3 is 1. The Morgan fingerprint density at radius 2 is 1.57 bits per heavy atom. The van der Waals surface area contributed by atoms with Gasteiger partial charge in [0.1, 0.15) is 5.75 Å². The number of hydrogen-bond donors (Lipinski definition) is 0. The average molecular weight is 516 g/mol. The zero-order valence-corrected chi connectivity index (χ0v) is 25.8. The summed E-state index contributed by atoms with van der Waals surface area (Å²) < 4.78 is 14.1. The highest BCUT2D eigenvalue weighted by Crippen LogP contribution is 2.42. The lowest BCUT2D eigenvalue weighted by Gasteiger charge is -2.42. The second kappa shape index (κ2) is 13.0. The molecule has 0 aliphatic rings. The van der Waals surface area contributed by atoms with Crippen molar-refractivity contribution in [2.24, 2.45) is 0 Å². The lowest BCUT2D eigenvalue weighted by atomic mass is 10.2. The summed E-state index contributed by atoms with van der Waals surface area (Å²) >= 11 is 0. The Kier molecular flexibility index (Phi) is 11.0. The van der Waals surface area contributed by atoms with E-state index in [9.17, 15) is 0 Å². The molecular weight excluding hydrogens is 466 g/mol. The van der Waals surface area contributed by atoms with Crippen molar-refractivity contribution in [3.05, 3.63) is 48.3 Å². The number of benzene rings is 1. The summed E-state index contributed by atoms with van der Waals surface area (Å²) in [5.74, 6) is 0.912. The Hall–Kier alpha value is -1.71. The van der Waals surface area contributed by atoms with Gasteiger partial charge in [0.15, 0.2) is 8.32 Å². The van der Waals surface area contributed by atoms with Gasteiger partial charge in [-0.05, 0) is 47.6 Å². The molecule has 0 aliphatic carbocycles. The predicted octanol–water partition coefficient (Wildman–Crippen LogP) is 6.97. The molecule has 0 bridgehead atoms. The molecule has 0 saturated carbocycles. The van der Waals surface area contributed by atoms with E-state index in [4.69, 9.17) is 9.16 Å². The molecule has 0 spiro atoms. The standard InChI is InChI=1S/C28H49N3O2Si2/c1-11-12-27(34(9,10)28-15-13-26(32-8)14-16-28)17-19-31-21-25(29-30-31)18-20-33-35(22(2)3,23(4)5)24(6)7/h11-16,21-24,27H,17-20H2,1-10H3/b12-11+/t27-/m1/s1. The van der Waals surface area contributed by atoms with E-state index in [0.717, 1.165) is 37.4 Å². The van der Waals surface area contributed by atoms with Crippen molar-refractivity contribution < 1.29 is 9.16 Å². The molecule has 0 unspecified atom stereocenters. The van der Waals surface area contributed by atoms with E-state index in [1.807, 2.05) is 4.68 Å². The van der Waals surface area contributed by atoms with Crippen LogP contribution in [0.3, 0.4) is 0 Å². The lowest BCUT2D eigenvalue weighted by molar-refractivity contribution is 0.280. The number of ether oxygens (including phenoxy) is 1. The van der Waals surface area contributed by atoms with Crippen molar-refractivity contribution in [2.45, 2.75) is 103 Å². The monoisotopic (exact) mass is 515 g/mol. The molecule has 1 aromatic carbocycles. The molecule has 0 saturated heterocycles. The molecule has 1 atom stereocenters. The quantitative estimate of drug-likeness (QED) is 0.201. The number of hydrogen-bond acceptors (Lipinski definition) is 4. The van der Waals surface area contributed by atoms with E-state index in [1.165, 1.54) is 5.19 Å². The van der Waals surface area contributed by atoms with Crippen molar-refractivity contribution >= 4 is 21.6 Å². The van der Waals surface area contributed by atoms with Gasteiger partial charge in [0.2, 0.25) is 0 Å².